The lowest BCUT2D eigenvalue weighted by molar-refractivity contribution is -0.128. The number of piperidine rings is 1. The summed E-state index contributed by atoms with van der Waals surface area (Å²) in [6.07, 6.45) is 2.05. The molecule has 0 aliphatic carbocycles. The van der Waals surface area contributed by atoms with Crippen molar-refractivity contribution in [1.82, 2.24) is 10.6 Å². The van der Waals surface area contributed by atoms with Gasteiger partial charge in [0.25, 0.3) is 0 Å². The van der Waals surface area contributed by atoms with Gasteiger partial charge in [-0.25, -0.2) is 4.39 Å². The van der Waals surface area contributed by atoms with Crippen molar-refractivity contribution in [3.8, 4) is 0 Å². The van der Waals surface area contributed by atoms with Gasteiger partial charge in [0.2, 0.25) is 5.91 Å². The van der Waals surface area contributed by atoms with E-state index in [1.165, 1.54) is 12.1 Å². The SMILES string of the molecule is O=C(COC1CCNCC1)NCc1cccc(F)c1. The van der Waals surface area contributed by atoms with E-state index >= 15 is 0 Å². The summed E-state index contributed by atoms with van der Waals surface area (Å²) in [6.45, 7) is 2.28. The Labute approximate surface area is 112 Å². The van der Waals surface area contributed by atoms with Gasteiger partial charge in [-0.05, 0) is 43.6 Å². The van der Waals surface area contributed by atoms with Crippen molar-refractivity contribution < 1.29 is 13.9 Å². The highest BCUT2D eigenvalue weighted by molar-refractivity contribution is 5.77. The van der Waals surface area contributed by atoms with E-state index in [0.717, 1.165) is 31.5 Å². The van der Waals surface area contributed by atoms with Crippen LogP contribution in [0.4, 0.5) is 4.39 Å². The first kappa shape index (κ1) is 14.0. The van der Waals surface area contributed by atoms with E-state index in [2.05, 4.69) is 10.6 Å². The Morgan fingerprint density at radius 1 is 1.42 bits per heavy atom. The van der Waals surface area contributed by atoms with Crippen LogP contribution in [-0.4, -0.2) is 31.7 Å². The molecule has 0 radical (unpaired) electrons. The lowest BCUT2D eigenvalue weighted by atomic mass is 10.1. The number of nitrogens with one attached hydrogen (secondary N) is 2. The normalized spacial score (nSPS) is 16.3. The van der Waals surface area contributed by atoms with Crippen molar-refractivity contribution in [2.24, 2.45) is 0 Å². The summed E-state index contributed by atoms with van der Waals surface area (Å²) in [5, 5.41) is 5.96. The van der Waals surface area contributed by atoms with Gasteiger partial charge in [0, 0.05) is 6.54 Å². The fraction of sp³-hybridized carbons (Fsp3) is 0.500. The topological polar surface area (TPSA) is 50.4 Å². The van der Waals surface area contributed by atoms with E-state index < -0.39 is 0 Å². The monoisotopic (exact) mass is 266 g/mol. The standard InChI is InChI=1S/C14H19FN2O2/c15-12-3-1-2-11(8-12)9-17-14(18)10-19-13-4-6-16-7-5-13/h1-3,8,13,16H,4-7,9-10H2,(H,17,18). The smallest absolute Gasteiger partial charge is 0.246 e. The molecule has 0 aromatic heterocycles. The van der Waals surface area contributed by atoms with Crippen molar-refractivity contribution in [1.29, 1.82) is 0 Å². The van der Waals surface area contributed by atoms with Crippen LogP contribution in [-0.2, 0) is 16.1 Å². The van der Waals surface area contributed by atoms with E-state index in [1.807, 2.05) is 0 Å². The van der Waals surface area contributed by atoms with E-state index in [1.54, 1.807) is 12.1 Å². The molecule has 19 heavy (non-hydrogen) atoms. The summed E-state index contributed by atoms with van der Waals surface area (Å²) in [6, 6.07) is 6.19. The number of ether oxygens (including phenoxy) is 1. The maximum atomic E-state index is 12.9. The van der Waals surface area contributed by atoms with Crippen LogP contribution in [0.3, 0.4) is 0 Å². The van der Waals surface area contributed by atoms with Crippen molar-refractivity contribution in [3.05, 3.63) is 35.6 Å². The number of hydrogen-bond donors (Lipinski definition) is 2. The Morgan fingerprint density at radius 2 is 2.21 bits per heavy atom. The molecule has 1 heterocycles. The molecule has 104 valence electrons. The van der Waals surface area contributed by atoms with Crippen LogP contribution in [0.1, 0.15) is 18.4 Å². The van der Waals surface area contributed by atoms with Crippen molar-refractivity contribution in [2.75, 3.05) is 19.7 Å². The van der Waals surface area contributed by atoms with E-state index in [9.17, 15) is 9.18 Å². The van der Waals surface area contributed by atoms with E-state index in [0.29, 0.717) is 6.54 Å². The van der Waals surface area contributed by atoms with Crippen LogP contribution in [0.5, 0.6) is 0 Å². The maximum Gasteiger partial charge on any atom is 0.246 e. The summed E-state index contributed by atoms with van der Waals surface area (Å²) in [7, 11) is 0. The minimum atomic E-state index is -0.294. The number of amides is 1. The number of halogens is 1. The first-order chi connectivity index (χ1) is 9.24. The molecule has 0 unspecified atom stereocenters. The number of carbonyl (C=O) groups is 1. The first-order valence-electron chi connectivity index (χ1n) is 6.57. The minimum Gasteiger partial charge on any atom is -0.368 e. The molecule has 1 aliphatic heterocycles. The first-order valence-corrected chi connectivity index (χ1v) is 6.57. The molecule has 1 saturated heterocycles. The molecule has 1 aromatic rings. The van der Waals surface area contributed by atoms with Crippen LogP contribution < -0.4 is 10.6 Å². The fourth-order valence-corrected chi connectivity index (χ4v) is 2.05. The second-order valence-corrected chi connectivity index (χ2v) is 4.67. The van der Waals surface area contributed by atoms with Gasteiger partial charge in [0.05, 0.1) is 6.10 Å². The van der Waals surface area contributed by atoms with Gasteiger partial charge in [-0.2, -0.15) is 0 Å². The largest absolute Gasteiger partial charge is 0.368 e. The van der Waals surface area contributed by atoms with Crippen LogP contribution in [0.25, 0.3) is 0 Å². The second-order valence-electron chi connectivity index (χ2n) is 4.67. The van der Waals surface area contributed by atoms with Gasteiger partial charge in [-0.3, -0.25) is 4.79 Å². The predicted octanol–water partition coefficient (Wildman–Crippen LogP) is 1.21. The second kappa shape index (κ2) is 7.21. The summed E-state index contributed by atoms with van der Waals surface area (Å²) >= 11 is 0. The highest BCUT2D eigenvalue weighted by Gasteiger charge is 2.14. The van der Waals surface area contributed by atoms with Gasteiger partial charge in [0.15, 0.2) is 0 Å². The molecule has 2 rings (SSSR count). The molecule has 5 heteroatoms. The van der Waals surface area contributed by atoms with Gasteiger partial charge in [-0.15, -0.1) is 0 Å². The predicted molar refractivity (Wildman–Crippen MR) is 70.1 cm³/mol. The van der Waals surface area contributed by atoms with Crippen LogP contribution in [0.15, 0.2) is 24.3 Å². The van der Waals surface area contributed by atoms with Gasteiger partial charge in [-0.1, -0.05) is 12.1 Å². The van der Waals surface area contributed by atoms with E-state index in [4.69, 9.17) is 4.74 Å². The summed E-state index contributed by atoms with van der Waals surface area (Å²) in [5.41, 5.74) is 0.746. The zero-order valence-electron chi connectivity index (χ0n) is 10.8. The maximum absolute atomic E-state index is 12.9. The molecule has 1 fully saturated rings. The lowest BCUT2D eigenvalue weighted by Crippen LogP contribution is -2.35. The zero-order chi connectivity index (χ0) is 13.5. The van der Waals surface area contributed by atoms with Crippen LogP contribution in [0.2, 0.25) is 0 Å². The third-order valence-electron chi connectivity index (χ3n) is 3.12. The zero-order valence-corrected chi connectivity index (χ0v) is 10.8. The molecule has 0 bridgehead atoms. The minimum absolute atomic E-state index is 0.0694. The van der Waals surface area contributed by atoms with Crippen LogP contribution >= 0.6 is 0 Å². The third-order valence-corrected chi connectivity index (χ3v) is 3.12. The van der Waals surface area contributed by atoms with Gasteiger partial charge in [0.1, 0.15) is 12.4 Å². The molecule has 1 aliphatic rings. The summed E-state index contributed by atoms with van der Waals surface area (Å²) in [4.78, 5) is 11.6. The Hall–Kier alpha value is -1.46. The third kappa shape index (κ3) is 4.96. The lowest BCUT2D eigenvalue weighted by Gasteiger charge is -2.22. The number of rotatable bonds is 5. The molecular weight excluding hydrogens is 247 g/mol. The fourth-order valence-electron chi connectivity index (χ4n) is 2.05. The number of hydrogen-bond acceptors (Lipinski definition) is 3. The summed E-state index contributed by atoms with van der Waals surface area (Å²) < 4.78 is 18.5. The van der Waals surface area contributed by atoms with Crippen molar-refractivity contribution in [2.45, 2.75) is 25.5 Å². The molecule has 0 atom stereocenters. The Kier molecular flexibility index (Phi) is 5.30. The summed E-state index contributed by atoms with van der Waals surface area (Å²) in [5.74, 6) is -0.458. The molecule has 4 nitrogen and oxygen atoms in total. The Morgan fingerprint density at radius 3 is 2.95 bits per heavy atom. The van der Waals surface area contributed by atoms with Crippen molar-refractivity contribution >= 4 is 5.91 Å². The molecule has 1 amide bonds. The molecule has 2 N–H and O–H groups in total. The van der Waals surface area contributed by atoms with Gasteiger partial charge >= 0.3 is 0 Å². The Bertz CT molecular complexity index is 420. The molecule has 0 spiro atoms. The van der Waals surface area contributed by atoms with Crippen molar-refractivity contribution in [3.63, 3.8) is 0 Å². The molecule has 0 saturated carbocycles. The van der Waals surface area contributed by atoms with E-state index in [-0.39, 0.29) is 24.4 Å². The Balaban J connectivity index is 1.66. The molecule has 1 aromatic carbocycles. The number of carbonyl (C=O) groups excluding carboxylic acids is 1. The average molecular weight is 266 g/mol. The molecular formula is C14H19FN2O2. The van der Waals surface area contributed by atoms with Gasteiger partial charge < -0.3 is 15.4 Å². The quantitative estimate of drug-likeness (QED) is 0.842. The number of benzene rings is 1. The highest BCUT2D eigenvalue weighted by atomic mass is 19.1. The highest BCUT2D eigenvalue weighted by Crippen LogP contribution is 2.07. The average Bonchev–Trinajstić information content (AvgIpc) is 2.44. The van der Waals surface area contributed by atoms with Crippen LogP contribution in [0, 0.1) is 5.82 Å².